The number of thiophene rings is 2. The fourth-order valence-corrected chi connectivity index (χ4v) is 14.3. The third-order valence-electron chi connectivity index (χ3n) is 19.0. The number of rotatable bonds is 0. The van der Waals surface area contributed by atoms with Gasteiger partial charge >= 0.3 is 0 Å². The van der Waals surface area contributed by atoms with Crippen LogP contribution in [-0.4, -0.2) is 54.4 Å². The predicted molar refractivity (Wildman–Crippen MR) is 576 cm³/mol. The molecule has 132 heavy (non-hydrogen) atoms. The molecule has 0 saturated heterocycles. The van der Waals surface area contributed by atoms with E-state index < -0.39 is 0 Å². The average Bonchev–Trinajstić information content (AvgIpc) is 1.58. The monoisotopic (exact) mass is 1890 g/mol. The van der Waals surface area contributed by atoms with Gasteiger partial charge in [-0.3, -0.25) is 29.3 Å². The van der Waals surface area contributed by atoms with Crippen LogP contribution in [0, 0.1) is 0 Å². The van der Waals surface area contributed by atoms with Crippen LogP contribution in [0.15, 0.2) is 260 Å². The molecule has 728 valence electrons. The molecule has 0 aliphatic heterocycles. The van der Waals surface area contributed by atoms with Crippen LogP contribution in [0.3, 0.4) is 0 Å². The Bertz CT molecular complexity index is 4340. The van der Waals surface area contributed by atoms with Crippen molar-refractivity contribution in [3.8, 4) is 0 Å². The van der Waals surface area contributed by atoms with Crippen molar-refractivity contribution in [1.29, 1.82) is 0 Å². The molecule has 0 bridgehead atoms. The number of nitrogens with zero attached hydrogens (tertiary/aromatic N) is 11. The first kappa shape index (κ1) is 121. The number of aromatic nitrogens is 11. The molecule has 0 N–H and O–H groups in total. The van der Waals surface area contributed by atoms with Gasteiger partial charge in [0.2, 0.25) is 0 Å². The van der Waals surface area contributed by atoms with E-state index >= 15 is 0 Å². The average molecular weight is 1890 g/mol. The smallest absolute Gasteiger partial charge is 0.133 e. The first-order chi connectivity index (χ1) is 60.3. The van der Waals surface area contributed by atoms with Gasteiger partial charge in [-0.15, -0.1) is 45.3 Å². The fraction of sp³-hybridized carbons (Fsp3) is 0.513. The minimum absolute atomic E-state index is 0.0707. The van der Waals surface area contributed by atoms with Crippen molar-refractivity contribution >= 4 is 56.7 Å². The van der Waals surface area contributed by atoms with Crippen LogP contribution in [0.2, 0.25) is 0 Å². The number of thiazole rings is 3. The molecule has 0 unspecified atom stereocenters. The van der Waals surface area contributed by atoms with E-state index in [-0.39, 0.29) is 59.6 Å². The van der Waals surface area contributed by atoms with Crippen LogP contribution < -0.4 is 0 Å². The van der Waals surface area contributed by atoms with Gasteiger partial charge in [0.15, 0.2) is 0 Å². The van der Waals surface area contributed by atoms with Gasteiger partial charge in [-0.05, 0) is 166 Å². The van der Waals surface area contributed by atoms with Crippen molar-refractivity contribution in [2.24, 2.45) is 14.1 Å². The molecule has 0 aliphatic carbocycles. The molecule has 14 aromatic rings. The Balaban J connectivity index is 0.000000711. The quantitative estimate of drug-likeness (QED) is 0.141. The summed E-state index contributed by atoms with van der Waals surface area (Å²) in [6.45, 7) is 91.6. The first-order valence-electron chi connectivity index (χ1n) is 45.8. The Morgan fingerprint density at radius 2 is 0.758 bits per heavy atom. The first-order valence-corrected chi connectivity index (χ1v) is 50.2. The Labute approximate surface area is 822 Å². The Hall–Kier alpha value is -8.85. The van der Waals surface area contributed by atoms with Crippen molar-refractivity contribution in [2.75, 3.05) is 0 Å². The molecule has 1 aromatic carbocycles. The number of hydrogen-bond acceptors (Lipinski definition) is 17. The van der Waals surface area contributed by atoms with E-state index in [1.165, 1.54) is 53.2 Å². The zero-order valence-electron chi connectivity index (χ0n) is 89.9. The topological polar surface area (TPSA) is 165 Å². The Kier molecular flexibility index (Phi) is 50.1. The molecule has 0 amide bonds. The zero-order valence-corrected chi connectivity index (χ0v) is 93.9. The van der Waals surface area contributed by atoms with Gasteiger partial charge in [0.25, 0.3) is 0 Å². The third kappa shape index (κ3) is 52.7. The highest BCUT2D eigenvalue weighted by atomic mass is 32.1. The summed E-state index contributed by atoms with van der Waals surface area (Å²) in [5, 5.41) is 18.1. The van der Waals surface area contributed by atoms with Crippen molar-refractivity contribution in [3.05, 3.63) is 323 Å². The third-order valence-corrected chi connectivity index (χ3v) is 24.6. The van der Waals surface area contributed by atoms with Gasteiger partial charge in [0.1, 0.15) is 11.6 Å². The number of aryl methyl sites for hydroxylation is 2. The minimum atomic E-state index is 0.0707. The SMILES string of the molecule is CC(C)(C)c1ccccc1.CC(C)(C)c1ccccn1.CC(C)(C)c1ccco1.CC(C)(C)c1cccs1.CC(C)(C)c1ccncc1.CC(C)(C)c1ccoc1.CC(C)(C)c1ccoc1.CC(C)(C)c1ccsc1.CC(C)(C)c1cncs1.CC(C)(C)c1cncs1.CC(C)(C)c1ncccn1.CC(C)(C)c1nccs1.Cn1ccc(C(C)(C)C)n1.Cn1nccc1C(C)(C)C. The molecular weight excluding hydrogens is 1720 g/mol. The molecule has 0 saturated carbocycles. The summed E-state index contributed by atoms with van der Waals surface area (Å²) in [5.41, 5.74) is 17.3. The summed E-state index contributed by atoms with van der Waals surface area (Å²) in [6.07, 6.45) is 27.3. The van der Waals surface area contributed by atoms with Crippen molar-refractivity contribution in [3.63, 3.8) is 0 Å². The lowest BCUT2D eigenvalue weighted by atomic mass is 9.87. The summed E-state index contributed by atoms with van der Waals surface area (Å²) < 4.78 is 18.8. The molecule has 14 nitrogen and oxygen atoms in total. The van der Waals surface area contributed by atoms with E-state index in [1.807, 2.05) is 143 Å². The summed E-state index contributed by atoms with van der Waals surface area (Å²) in [5.74, 6) is 1.94. The van der Waals surface area contributed by atoms with Gasteiger partial charge in [-0.2, -0.15) is 21.5 Å². The Morgan fingerprint density at radius 1 is 0.288 bits per heavy atom. The second-order valence-electron chi connectivity index (χ2n) is 46.7. The summed E-state index contributed by atoms with van der Waals surface area (Å²) in [7, 11) is 3.91. The van der Waals surface area contributed by atoms with E-state index in [2.05, 4.69) is 431 Å². The maximum atomic E-state index is 5.20. The number of furan rings is 3. The lowest BCUT2D eigenvalue weighted by Gasteiger charge is -2.18. The maximum Gasteiger partial charge on any atom is 0.133 e. The molecule has 0 spiro atoms. The van der Waals surface area contributed by atoms with Crippen LogP contribution in [0.4, 0.5) is 0 Å². The number of pyridine rings is 2. The van der Waals surface area contributed by atoms with Gasteiger partial charge < -0.3 is 13.3 Å². The highest BCUT2D eigenvalue weighted by Crippen LogP contribution is 2.32. The van der Waals surface area contributed by atoms with Crippen LogP contribution >= 0.6 is 56.7 Å². The van der Waals surface area contributed by atoms with Crippen molar-refractivity contribution < 1.29 is 13.3 Å². The molecule has 0 aliphatic rings. The van der Waals surface area contributed by atoms with Gasteiger partial charge in [0, 0.05) is 140 Å². The van der Waals surface area contributed by atoms with Gasteiger partial charge in [0.05, 0.1) is 53.0 Å². The standard InChI is InChI=1S/C10H14.2C9H13N.2C8H14N2.C8H12N2.3C8H12O.2C8H12S.3C7H11NS/c1-10(2,3)9-7-5-4-6-8-9;1-9(2,3)8-4-6-10-7-5-8;1-9(2,3)8-6-4-5-7-10-8;1-8(2,3)7-5-6-10(4)9-7;1-8(2,3)7-5-6-9-10(7)4;1-8(2,3)7-9-5-4-6-10-7;2*1-8(2,3)7-4-5-9-6-7;1-8(2,3)7-5-4-6-9-7;1-8(2,3)7-4-5-9-6-7;1-8(2,3)7-5-4-6-9-7;2*1-7(2,3)6-4-8-5-9-6;1-7(2,3)6-8-4-5-9-6/h4-8H,1-3H3;2*4-7H,1-3H3;2*5-6H,1-4H3;4-6H,1-3H3;5*4-6H,1-3H3;3*4-5H,1-3H3. The maximum absolute atomic E-state index is 5.20. The lowest BCUT2D eigenvalue weighted by molar-refractivity contribution is 0.409. The van der Waals surface area contributed by atoms with E-state index in [9.17, 15) is 0 Å². The molecular formula is C113H173N11O3S5. The highest BCUT2D eigenvalue weighted by molar-refractivity contribution is 7.10. The van der Waals surface area contributed by atoms with Gasteiger partial charge in [-0.25, -0.2) is 15.0 Å². The minimum Gasteiger partial charge on any atom is -0.472 e. The molecule has 0 fully saturated rings. The summed E-state index contributed by atoms with van der Waals surface area (Å²) in [4.78, 5) is 32.9. The van der Waals surface area contributed by atoms with Crippen LogP contribution in [0.5, 0.6) is 0 Å². The second-order valence-corrected chi connectivity index (χ2v) is 51.1. The van der Waals surface area contributed by atoms with Gasteiger partial charge in [-0.1, -0.05) is 333 Å². The predicted octanol–water partition coefficient (Wildman–Crippen LogP) is 34.1. The van der Waals surface area contributed by atoms with Crippen LogP contribution in [0.1, 0.15) is 367 Å². The molecule has 13 aromatic heterocycles. The molecule has 13 heterocycles. The Morgan fingerprint density at radius 3 is 0.970 bits per heavy atom. The second kappa shape index (κ2) is 54.6. The summed E-state index contributed by atoms with van der Waals surface area (Å²) >= 11 is 8.75. The zero-order chi connectivity index (χ0) is 101. The van der Waals surface area contributed by atoms with E-state index in [0.29, 0.717) is 16.2 Å². The molecule has 14 rings (SSSR count). The largest absolute Gasteiger partial charge is 0.472 e. The fourth-order valence-electron chi connectivity index (χ4n) is 10.5. The van der Waals surface area contributed by atoms with E-state index in [1.54, 1.807) is 89.1 Å². The summed E-state index contributed by atoms with van der Waals surface area (Å²) in [6, 6.07) is 41.0. The number of benzene rings is 1. The highest BCUT2D eigenvalue weighted by Gasteiger charge is 2.23. The van der Waals surface area contributed by atoms with Crippen molar-refractivity contribution in [1.82, 2.24) is 54.4 Å². The molecule has 0 radical (unpaired) electrons. The van der Waals surface area contributed by atoms with E-state index in [0.717, 1.165) is 23.0 Å². The number of hydrogen-bond donors (Lipinski definition) is 0. The van der Waals surface area contributed by atoms with Crippen LogP contribution in [-0.2, 0) is 89.9 Å². The molecule has 0 atom stereocenters. The molecule has 19 heteroatoms. The van der Waals surface area contributed by atoms with Crippen molar-refractivity contribution in [2.45, 2.75) is 367 Å². The van der Waals surface area contributed by atoms with Crippen LogP contribution in [0.25, 0.3) is 0 Å². The van der Waals surface area contributed by atoms with E-state index in [4.69, 9.17) is 13.3 Å². The normalized spacial score (nSPS) is 11.8. The lowest BCUT2D eigenvalue weighted by Crippen LogP contribution is -2.16.